The van der Waals surface area contributed by atoms with Crippen molar-refractivity contribution in [3.63, 3.8) is 0 Å². The Labute approximate surface area is 147 Å². The van der Waals surface area contributed by atoms with E-state index in [0.717, 1.165) is 6.07 Å². The van der Waals surface area contributed by atoms with E-state index in [1.54, 1.807) is 6.07 Å². The molecule has 3 N–H and O–H groups in total. The number of alkyl halides is 3. The lowest BCUT2D eigenvalue weighted by Gasteiger charge is -2.11. The number of nitrogens with one attached hydrogen (secondary N) is 1. The number of sulfonamides is 1. The molecule has 0 fully saturated rings. The van der Waals surface area contributed by atoms with Crippen LogP contribution >= 0.6 is 0 Å². The quantitative estimate of drug-likeness (QED) is 0.679. The summed E-state index contributed by atoms with van der Waals surface area (Å²) in [5.74, 6) is 0. The minimum atomic E-state index is -4.73. The van der Waals surface area contributed by atoms with Gasteiger partial charge in [-0.2, -0.15) is 31.2 Å². The first-order chi connectivity index (χ1) is 12.2. The molecule has 0 aliphatic heterocycles. The Kier molecular flexibility index (Phi) is 4.36. The number of aromatic nitrogens is 2. The highest BCUT2D eigenvalue weighted by molar-refractivity contribution is 7.92. The molecule has 1 heterocycles. The molecule has 26 heavy (non-hydrogen) atoms. The molecule has 0 bridgehead atoms. The summed E-state index contributed by atoms with van der Waals surface area (Å²) in [6, 6.07) is 13.9. The van der Waals surface area contributed by atoms with Crippen LogP contribution in [0.15, 0.2) is 65.6 Å². The third-order valence-corrected chi connectivity index (χ3v) is 4.77. The lowest BCUT2D eigenvalue weighted by molar-refractivity contribution is -0.141. The highest BCUT2D eigenvalue weighted by Crippen LogP contribution is 2.32. The van der Waals surface area contributed by atoms with Crippen LogP contribution in [0.5, 0.6) is 0 Å². The van der Waals surface area contributed by atoms with Crippen molar-refractivity contribution in [3.8, 4) is 11.3 Å². The predicted molar refractivity (Wildman–Crippen MR) is 90.1 cm³/mol. The minimum absolute atomic E-state index is 0.0724. The monoisotopic (exact) mass is 382 g/mol. The van der Waals surface area contributed by atoms with Gasteiger partial charge in [-0.15, -0.1) is 5.10 Å². The molecule has 1 aromatic heterocycles. The first-order valence-corrected chi connectivity index (χ1v) is 8.76. The molecule has 3 aromatic rings. The fraction of sp³-hybridized carbons (Fsp3) is 0.0625. The van der Waals surface area contributed by atoms with E-state index in [4.69, 9.17) is 5.73 Å². The van der Waals surface area contributed by atoms with Gasteiger partial charge in [0.15, 0.2) is 5.69 Å². The number of benzene rings is 2. The highest BCUT2D eigenvalue weighted by atomic mass is 32.2. The lowest BCUT2D eigenvalue weighted by atomic mass is 10.1. The van der Waals surface area contributed by atoms with Crippen LogP contribution in [0.1, 0.15) is 5.69 Å². The number of hydrogen-bond acceptors (Lipinski definition) is 4. The number of nitrogens with zero attached hydrogens (tertiary/aromatic N) is 2. The van der Waals surface area contributed by atoms with Crippen molar-refractivity contribution in [2.24, 2.45) is 0 Å². The molecular weight excluding hydrogens is 369 g/mol. The maximum atomic E-state index is 13.0. The normalized spacial score (nSPS) is 12.1. The molecule has 3 rings (SSSR count). The van der Waals surface area contributed by atoms with Crippen LogP contribution in [-0.2, 0) is 16.2 Å². The Bertz CT molecular complexity index is 1010. The zero-order valence-electron chi connectivity index (χ0n) is 13.1. The molecule has 0 aliphatic rings. The van der Waals surface area contributed by atoms with Gasteiger partial charge in [-0.25, -0.2) is 0 Å². The van der Waals surface area contributed by atoms with Gasteiger partial charge in [0.2, 0.25) is 0 Å². The second kappa shape index (κ2) is 6.37. The summed E-state index contributed by atoms with van der Waals surface area (Å²) in [7, 11) is -4.13. The summed E-state index contributed by atoms with van der Waals surface area (Å²) in [5.41, 5.74) is 5.02. The molecule has 10 heteroatoms. The fourth-order valence-corrected chi connectivity index (χ4v) is 3.20. The smallest absolute Gasteiger partial charge is 0.399 e. The molecule has 0 saturated carbocycles. The Balaban J connectivity index is 2.08. The summed E-state index contributed by atoms with van der Waals surface area (Å²) in [5, 5.41) is 3.36. The van der Waals surface area contributed by atoms with Crippen molar-refractivity contribution in [3.05, 3.63) is 66.4 Å². The van der Waals surface area contributed by atoms with Gasteiger partial charge in [-0.1, -0.05) is 30.3 Å². The van der Waals surface area contributed by atoms with Crippen molar-refractivity contribution in [1.29, 1.82) is 0 Å². The van der Waals surface area contributed by atoms with Crippen LogP contribution in [0.25, 0.3) is 11.3 Å². The van der Waals surface area contributed by atoms with Crippen molar-refractivity contribution in [2.45, 2.75) is 11.1 Å². The van der Waals surface area contributed by atoms with Gasteiger partial charge in [0.25, 0.3) is 10.0 Å². The van der Waals surface area contributed by atoms with Crippen molar-refractivity contribution in [2.75, 3.05) is 10.6 Å². The zero-order chi connectivity index (χ0) is 18.9. The van der Waals surface area contributed by atoms with Gasteiger partial charge >= 0.3 is 6.18 Å². The van der Waals surface area contributed by atoms with Gasteiger partial charge < -0.3 is 5.73 Å². The van der Waals surface area contributed by atoms with Crippen LogP contribution < -0.4 is 10.6 Å². The van der Waals surface area contributed by atoms with Gasteiger partial charge in [0.05, 0.1) is 10.6 Å². The minimum Gasteiger partial charge on any atom is -0.399 e. The van der Waals surface area contributed by atoms with E-state index >= 15 is 0 Å². The molecule has 0 atom stereocenters. The predicted octanol–water partition coefficient (Wildman–Crippen LogP) is 3.08. The largest absolute Gasteiger partial charge is 0.435 e. The standard InChI is InChI=1S/C16H13F3N4O2S/c17-16(18,19)15-10-14(11-6-8-12(20)9-7-11)23(21-15)22-26(24,25)13-4-2-1-3-5-13/h1-10,22H,20H2. The van der Waals surface area contributed by atoms with E-state index in [1.807, 2.05) is 0 Å². The Morgan fingerprint density at radius 2 is 1.62 bits per heavy atom. The second-order valence-corrected chi connectivity index (χ2v) is 7.02. The molecule has 6 nitrogen and oxygen atoms in total. The second-order valence-electron chi connectivity index (χ2n) is 5.35. The molecule has 0 radical (unpaired) electrons. The van der Waals surface area contributed by atoms with Crippen molar-refractivity contribution >= 4 is 15.7 Å². The van der Waals surface area contributed by atoms with Gasteiger partial charge in [0.1, 0.15) is 0 Å². The molecule has 0 aliphatic carbocycles. The Hall–Kier alpha value is -3.01. The molecule has 0 amide bonds. The number of anilines is 1. The summed E-state index contributed by atoms with van der Waals surface area (Å²) in [6.07, 6.45) is -4.73. The Morgan fingerprint density at radius 1 is 1.00 bits per heavy atom. The zero-order valence-corrected chi connectivity index (χ0v) is 13.9. The molecule has 0 spiro atoms. The number of halogens is 3. The average molecular weight is 382 g/mol. The van der Waals surface area contributed by atoms with Gasteiger partial charge in [0, 0.05) is 11.3 Å². The van der Waals surface area contributed by atoms with Gasteiger partial charge in [-0.3, -0.25) is 0 Å². The van der Waals surface area contributed by atoms with Crippen LogP contribution in [0.3, 0.4) is 0 Å². The van der Waals surface area contributed by atoms with E-state index in [9.17, 15) is 21.6 Å². The van der Waals surface area contributed by atoms with Gasteiger partial charge in [-0.05, 0) is 30.3 Å². The summed E-state index contributed by atoms with van der Waals surface area (Å²) in [4.78, 5) is 2.54. The van der Waals surface area contributed by atoms with E-state index < -0.39 is 21.9 Å². The van der Waals surface area contributed by atoms with E-state index in [-0.39, 0.29) is 10.6 Å². The summed E-state index contributed by atoms with van der Waals surface area (Å²) < 4.78 is 64.0. The van der Waals surface area contributed by atoms with E-state index in [1.165, 1.54) is 48.5 Å². The Morgan fingerprint density at radius 3 is 2.19 bits per heavy atom. The topological polar surface area (TPSA) is 90.0 Å². The third kappa shape index (κ3) is 3.64. The SMILES string of the molecule is Nc1ccc(-c2cc(C(F)(F)F)nn2NS(=O)(=O)c2ccccc2)cc1. The lowest BCUT2D eigenvalue weighted by Crippen LogP contribution is -2.25. The van der Waals surface area contributed by atoms with Crippen LogP contribution in [-0.4, -0.2) is 18.3 Å². The molecular formula is C16H13F3N4O2S. The fourth-order valence-electron chi connectivity index (χ4n) is 2.21. The highest BCUT2D eigenvalue weighted by Gasteiger charge is 2.35. The first kappa shape index (κ1) is 17.8. The summed E-state index contributed by atoms with van der Waals surface area (Å²) in [6.45, 7) is 0. The summed E-state index contributed by atoms with van der Waals surface area (Å²) >= 11 is 0. The van der Waals surface area contributed by atoms with Crippen molar-refractivity contribution < 1.29 is 21.6 Å². The number of rotatable bonds is 4. The maximum absolute atomic E-state index is 13.0. The number of nitrogen functional groups attached to an aromatic ring is 1. The average Bonchev–Trinajstić information content (AvgIpc) is 3.00. The molecule has 0 saturated heterocycles. The van der Waals surface area contributed by atoms with E-state index in [2.05, 4.69) is 9.93 Å². The number of nitrogens with two attached hydrogens (primary N) is 1. The maximum Gasteiger partial charge on any atom is 0.435 e. The van der Waals surface area contributed by atoms with Crippen LogP contribution in [0.2, 0.25) is 0 Å². The number of hydrogen-bond donors (Lipinski definition) is 2. The van der Waals surface area contributed by atoms with Crippen LogP contribution in [0, 0.1) is 0 Å². The molecule has 2 aromatic carbocycles. The molecule has 0 unspecified atom stereocenters. The third-order valence-electron chi connectivity index (χ3n) is 3.47. The van der Waals surface area contributed by atoms with Crippen LogP contribution in [0.4, 0.5) is 18.9 Å². The molecule has 136 valence electrons. The first-order valence-electron chi connectivity index (χ1n) is 7.28. The van der Waals surface area contributed by atoms with E-state index in [0.29, 0.717) is 16.0 Å². The van der Waals surface area contributed by atoms with Crippen molar-refractivity contribution in [1.82, 2.24) is 9.89 Å².